The smallest absolute Gasteiger partial charge is 0.387 e. The Morgan fingerprint density at radius 3 is 2.54 bits per heavy atom. The van der Waals surface area contributed by atoms with Crippen molar-refractivity contribution in [1.29, 1.82) is 0 Å². The van der Waals surface area contributed by atoms with E-state index in [1.807, 2.05) is 37.3 Å². The van der Waals surface area contributed by atoms with Crippen molar-refractivity contribution in [3.05, 3.63) is 65.5 Å². The third-order valence-corrected chi connectivity index (χ3v) is 4.17. The molecule has 0 fully saturated rings. The summed E-state index contributed by atoms with van der Waals surface area (Å²) in [5, 5.41) is 4.44. The van der Waals surface area contributed by atoms with Gasteiger partial charge in [-0.3, -0.25) is 4.79 Å². The van der Waals surface area contributed by atoms with E-state index in [0.29, 0.717) is 28.9 Å². The zero-order valence-electron chi connectivity index (χ0n) is 14.4. The number of hydrogen-bond acceptors (Lipinski definition) is 3. The van der Waals surface area contributed by atoms with Crippen LogP contribution in [0.15, 0.2) is 48.5 Å². The van der Waals surface area contributed by atoms with Crippen molar-refractivity contribution < 1.29 is 18.3 Å². The monoisotopic (exact) mass is 356 g/mol. The highest BCUT2D eigenvalue weighted by molar-refractivity contribution is 5.79. The zero-order chi connectivity index (χ0) is 18.7. The fourth-order valence-electron chi connectivity index (χ4n) is 2.99. The van der Waals surface area contributed by atoms with Crippen LogP contribution in [0.4, 0.5) is 8.78 Å². The SMILES string of the molecule is CCc1c(C=O)c(C)nn1-c1ccc(OC(F)F)c(-c2ccccc2)c1. The minimum atomic E-state index is -2.91. The Bertz CT molecular complexity index is 921. The predicted molar refractivity (Wildman–Crippen MR) is 95.1 cm³/mol. The molecule has 1 aromatic heterocycles. The van der Waals surface area contributed by atoms with Gasteiger partial charge in [-0.25, -0.2) is 4.68 Å². The number of alkyl halides is 2. The molecule has 0 radical (unpaired) electrons. The average Bonchev–Trinajstić information content (AvgIpc) is 2.97. The van der Waals surface area contributed by atoms with Crippen molar-refractivity contribution in [2.45, 2.75) is 26.9 Å². The Morgan fingerprint density at radius 1 is 1.19 bits per heavy atom. The number of aldehydes is 1. The molecule has 0 atom stereocenters. The Hall–Kier alpha value is -3.02. The molecule has 3 rings (SSSR count). The third kappa shape index (κ3) is 3.35. The number of nitrogens with zero attached hydrogens (tertiary/aromatic N) is 2. The molecule has 0 saturated carbocycles. The molecule has 3 aromatic rings. The van der Waals surface area contributed by atoms with Gasteiger partial charge in [-0.05, 0) is 37.1 Å². The second-order valence-electron chi connectivity index (χ2n) is 5.75. The number of carbonyl (C=O) groups excluding carboxylic acids is 1. The van der Waals surface area contributed by atoms with Crippen molar-refractivity contribution in [2.75, 3.05) is 0 Å². The first-order chi connectivity index (χ1) is 12.5. The second kappa shape index (κ2) is 7.47. The van der Waals surface area contributed by atoms with E-state index in [1.165, 1.54) is 6.07 Å². The van der Waals surface area contributed by atoms with Crippen LogP contribution in [0.3, 0.4) is 0 Å². The second-order valence-corrected chi connectivity index (χ2v) is 5.75. The summed E-state index contributed by atoms with van der Waals surface area (Å²) in [7, 11) is 0. The molecule has 0 aliphatic heterocycles. The van der Waals surface area contributed by atoms with Crippen molar-refractivity contribution in [1.82, 2.24) is 9.78 Å². The molecule has 0 aliphatic rings. The van der Waals surface area contributed by atoms with E-state index in [1.54, 1.807) is 23.7 Å². The van der Waals surface area contributed by atoms with Crippen LogP contribution >= 0.6 is 0 Å². The largest absolute Gasteiger partial charge is 0.434 e. The predicted octanol–water partition coefficient (Wildman–Crippen LogP) is 4.82. The van der Waals surface area contributed by atoms with Gasteiger partial charge < -0.3 is 4.74 Å². The first-order valence-electron chi connectivity index (χ1n) is 8.23. The molecule has 0 unspecified atom stereocenters. The van der Waals surface area contributed by atoms with E-state index in [0.717, 1.165) is 17.5 Å². The van der Waals surface area contributed by atoms with Gasteiger partial charge in [0.05, 0.1) is 22.6 Å². The van der Waals surface area contributed by atoms with E-state index >= 15 is 0 Å². The van der Waals surface area contributed by atoms with E-state index in [2.05, 4.69) is 9.84 Å². The zero-order valence-corrected chi connectivity index (χ0v) is 14.4. The maximum absolute atomic E-state index is 12.8. The van der Waals surface area contributed by atoms with Crippen molar-refractivity contribution in [3.63, 3.8) is 0 Å². The number of aryl methyl sites for hydroxylation is 1. The minimum Gasteiger partial charge on any atom is -0.434 e. The van der Waals surface area contributed by atoms with Crippen molar-refractivity contribution in [2.24, 2.45) is 0 Å². The van der Waals surface area contributed by atoms with Crippen molar-refractivity contribution >= 4 is 6.29 Å². The summed E-state index contributed by atoms with van der Waals surface area (Å²) in [6, 6.07) is 14.1. The molecule has 134 valence electrons. The number of ether oxygens (including phenoxy) is 1. The number of halogens is 2. The van der Waals surface area contributed by atoms with Gasteiger partial charge in [0.25, 0.3) is 0 Å². The number of benzene rings is 2. The summed E-state index contributed by atoms with van der Waals surface area (Å²) in [6.45, 7) is 0.793. The fraction of sp³-hybridized carbons (Fsp3) is 0.200. The fourth-order valence-corrected chi connectivity index (χ4v) is 2.99. The van der Waals surface area contributed by atoms with Crippen LogP contribution in [0.5, 0.6) is 5.75 Å². The van der Waals surface area contributed by atoms with Crippen LogP contribution in [0.1, 0.15) is 28.7 Å². The van der Waals surface area contributed by atoms with E-state index < -0.39 is 6.61 Å². The Kier molecular flexibility index (Phi) is 5.11. The molecular formula is C20H18F2N2O2. The summed E-state index contributed by atoms with van der Waals surface area (Å²) in [5.74, 6) is 0.0903. The lowest BCUT2D eigenvalue weighted by Crippen LogP contribution is -2.06. The van der Waals surface area contributed by atoms with Gasteiger partial charge in [0, 0.05) is 5.56 Å². The summed E-state index contributed by atoms with van der Waals surface area (Å²) in [4.78, 5) is 11.4. The molecule has 1 heterocycles. The van der Waals surface area contributed by atoms with Gasteiger partial charge in [-0.15, -0.1) is 0 Å². The Labute approximate surface area is 150 Å². The van der Waals surface area contributed by atoms with Crippen molar-refractivity contribution in [3.8, 4) is 22.6 Å². The highest BCUT2D eigenvalue weighted by atomic mass is 19.3. The number of carbonyl (C=O) groups is 1. The molecule has 0 saturated heterocycles. The van der Waals surface area contributed by atoms with E-state index in [-0.39, 0.29) is 5.75 Å². The van der Waals surface area contributed by atoms with Gasteiger partial charge in [-0.2, -0.15) is 13.9 Å². The molecule has 0 amide bonds. The van der Waals surface area contributed by atoms with E-state index in [9.17, 15) is 13.6 Å². The molecule has 6 heteroatoms. The molecule has 2 aromatic carbocycles. The number of rotatable bonds is 6. The van der Waals surface area contributed by atoms with Gasteiger partial charge >= 0.3 is 6.61 Å². The van der Waals surface area contributed by atoms with Gasteiger partial charge in [-0.1, -0.05) is 37.3 Å². The molecular weight excluding hydrogens is 338 g/mol. The topological polar surface area (TPSA) is 44.1 Å². The first-order valence-corrected chi connectivity index (χ1v) is 8.23. The lowest BCUT2D eigenvalue weighted by Gasteiger charge is -2.14. The van der Waals surface area contributed by atoms with Crippen LogP contribution in [-0.4, -0.2) is 22.7 Å². The lowest BCUT2D eigenvalue weighted by molar-refractivity contribution is -0.0494. The van der Waals surface area contributed by atoms with E-state index in [4.69, 9.17) is 0 Å². The van der Waals surface area contributed by atoms with Gasteiger partial charge in [0.1, 0.15) is 5.75 Å². The van der Waals surface area contributed by atoms with Crippen LogP contribution < -0.4 is 4.74 Å². The number of aromatic nitrogens is 2. The molecule has 26 heavy (non-hydrogen) atoms. The minimum absolute atomic E-state index is 0.0903. The summed E-state index contributed by atoms with van der Waals surface area (Å²) in [6.07, 6.45) is 1.41. The summed E-state index contributed by atoms with van der Waals surface area (Å²) in [5.41, 5.74) is 3.93. The quantitative estimate of drug-likeness (QED) is 0.595. The van der Waals surface area contributed by atoms with Crippen LogP contribution in [0, 0.1) is 6.92 Å². The average molecular weight is 356 g/mol. The maximum atomic E-state index is 12.8. The van der Waals surface area contributed by atoms with Gasteiger partial charge in [0.15, 0.2) is 6.29 Å². The normalized spacial score (nSPS) is 11.0. The highest BCUT2D eigenvalue weighted by Gasteiger charge is 2.17. The maximum Gasteiger partial charge on any atom is 0.387 e. The first kappa shape index (κ1) is 17.8. The highest BCUT2D eigenvalue weighted by Crippen LogP contribution is 2.33. The Morgan fingerprint density at radius 2 is 1.92 bits per heavy atom. The number of hydrogen-bond donors (Lipinski definition) is 0. The molecule has 0 N–H and O–H groups in total. The third-order valence-electron chi connectivity index (χ3n) is 4.17. The van der Waals surface area contributed by atoms with Crippen LogP contribution in [0.2, 0.25) is 0 Å². The standard InChI is InChI=1S/C20H18F2N2O2/c1-3-18-17(12-25)13(2)23-24(18)15-9-10-19(26-20(21)22)16(11-15)14-7-5-4-6-8-14/h4-12,20H,3H2,1-2H3. The molecule has 0 bridgehead atoms. The molecule has 0 aliphatic carbocycles. The summed E-state index contributed by atoms with van der Waals surface area (Å²) >= 11 is 0. The van der Waals surface area contributed by atoms with Crippen LogP contribution in [-0.2, 0) is 6.42 Å². The summed E-state index contributed by atoms with van der Waals surface area (Å²) < 4.78 is 31.9. The van der Waals surface area contributed by atoms with Gasteiger partial charge in [0.2, 0.25) is 0 Å². The van der Waals surface area contributed by atoms with Crippen LogP contribution in [0.25, 0.3) is 16.8 Å². The molecule has 0 spiro atoms. The molecule has 4 nitrogen and oxygen atoms in total. The lowest BCUT2D eigenvalue weighted by atomic mass is 10.0. The Balaban J connectivity index is 2.18.